The van der Waals surface area contributed by atoms with E-state index in [1.54, 1.807) is 13.0 Å². The van der Waals surface area contributed by atoms with E-state index in [-0.39, 0.29) is 12.7 Å². The lowest BCUT2D eigenvalue weighted by atomic mass is 10.2. The Morgan fingerprint density at radius 2 is 1.85 bits per heavy atom. The lowest BCUT2D eigenvalue weighted by molar-refractivity contribution is 0.0658. The lowest BCUT2D eigenvalue weighted by Gasteiger charge is -2.32. The zero-order chi connectivity index (χ0) is 18.1. The highest BCUT2D eigenvalue weighted by Gasteiger charge is 2.22. The van der Waals surface area contributed by atoms with Gasteiger partial charge in [-0.25, -0.2) is 9.97 Å². The summed E-state index contributed by atoms with van der Waals surface area (Å²) in [6.45, 7) is 5.18. The number of benzene rings is 1. The van der Waals surface area contributed by atoms with Crippen molar-refractivity contribution in [2.24, 2.45) is 0 Å². The quantitative estimate of drug-likeness (QED) is 0.897. The van der Waals surface area contributed by atoms with Crippen LogP contribution in [-0.2, 0) is 0 Å². The van der Waals surface area contributed by atoms with Crippen LogP contribution in [-0.4, -0.2) is 65.7 Å². The molecule has 8 heteroatoms. The smallest absolute Gasteiger partial charge is 0.272 e. The molecule has 2 aliphatic heterocycles. The molecule has 1 aromatic heterocycles. The average Bonchev–Trinajstić information content (AvgIpc) is 3.09. The number of nitrogens with one attached hydrogen (secondary N) is 1. The molecule has 0 radical (unpaired) electrons. The van der Waals surface area contributed by atoms with E-state index in [0.717, 1.165) is 24.5 Å². The van der Waals surface area contributed by atoms with Crippen LogP contribution >= 0.6 is 0 Å². The molecule has 0 spiro atoms. The minimum Gasteiger partial charge on any atom is -0.454 e. The number of amides is 1. The largest absolute Gasteiger partial charge is 0.454 e. The van der Waals surface area contributed by atoms with Gasteiger partial charge < -0.3 is 24.6 Å². The first kappa shape index (κ1) is 16.6. The van der Waals surface area contributed by atoms with Gasteiger partial charge in [0.15, 0.2) is 11.5 Å². The van der Waals surface area contributed by atoms with Gasteiger partial charge in [-0.1, -0.05) is 0 Å². The van der Waals surface area contributed by atoms with E-state index < -0.39 is 0 Å². The number of fused-ring (bicyclic) bond motifs is 1. The minimum absolute atomic E-state index is 0.0580. The monoisotopic (exact) mass is 355 g/mol. The molecule has 0 atom stereocenters. The van der Waals surface area contributed by atoms with Gasteiger partial charge in [-0.3, -0.25) is 4.79 Å². The van der Waals surface area contributed by atoms with Gasteiger partial charge in [0.2, 0.25) is 6.79 Å². The van der Waals surface area contributed by atoms with Crippen LogP contribution in [0.3, 0.4) is 0 Å². The van der Waals surface area contributed by atoms with Crippen LogP contribution in [0, 0.1) is 6.92 Å². The molecular formula is C18H21N5O3. The van der Waals surface area contributed by atoms with E-state index in [2.05, 4.69) is 27.2 Å². The Balaban J connectivity index is 1.53. The fourth-order valence-corrected chi connectivity index (χ4v) is 3.03. The van der Waals surface area contributed by atoms with Crippen molar-refractivity contribution in [3.05, 3.63) is 35.8 Å². The summed E-state index contributed by atoms with van der Waals surface area (Å²) in [7, 11) is 2.06. The predicted molar refractivity (Wildman–Crippen MR) is 96.0 cm³/mol. The van der Waals surface area contributed by atoms with E-state index in [4.69, 9.17) is 9.47 Å². The van der Waals surface area contributed by atoms with Crippen molar-refractivity contribution < 1.29 is 14.3 Å². The van der Waals surface area contributed by atoms with Crippen molar-refractivity contribution in [1.82, 2.24) is 19.8 Å². The Labute approximate surface area is 151 Å². The molecule has 0 unspecified atom stereocenters. The number of nitrogens with zero attached hydrogens (tertiary/aromatic N) is 4. The van der Waals surface area contributed by atoms with Crippen LogP contribution in [0.4, 0.5) is 11.5 Å². The van der Waals surface area contributed by atoms with Crippen molar-refractivity contribution >= 4 is 17.4 Å². The Kier molecular flexibility index (Phi) is 4.34. The molecule has 1 fully saturated rings. The van der Waals surface area contributed by atoms with Gasteiger partial charge in [0.05, 0.1) is 0 Å². The molecule has 4 rings (SSSR count). The summed E-state index contributed by atoms with van der Waals surface area (Å²) in [5.41, 5.74) is 1.22. The van der Waals surface area contributed by atoms with E-state index in [9.17, 15) is 4.79 Å². The summed E-state index contributed by atoms with van der Waals surface area (Å²) in [5.74, 6) is 2.48. The summed E-state index contributed by atoms with van der Waals surface area (Å²) in [4.78, 5) is 25.5. The second kappa shape index (κ2) is 6.80. The summed E-state index contributed by atoms with van der Waals surface area (Å²) < 4.78 is 10.7. The van der Waals surface area contributed by atoms with Crippen LogP contribution < -0.4 is 14.8 Å². The summed E-state index contributed by atoms with van der Waals surface area (Å²) >= 11 is 0. The zero-order valence-corrected chi connectivity index (χ0v) is 14.9. The van der Waals surface area contributed by atoms with Gasteiger partial charge in [0.1, 0.15) is 17.3 Å². The molecule has 1 amide bonds. The Morgan fingerprint density at radius 3 is 2.65 bits per heavy atom. The molecule has 8 nitrogen and oxygen atoms in total. The van der Waals surface area contributed by atoms with E-state index in [1.165, 1.54) is 0 Å². The maximum absolute atomic E-state index is 12.8. The van der Waals surface area contributed by atoms with Crippen molar-refractivity contribution in [2.75, 3.05) is 45.3 Å². The zero-order valence-electron chi connectivity index (χ0n) is 14.9. The number of anilines is 2. The van der Waals surface area contributed by atoms with Gasteiger partial charge >= 0.3 is 0 Å². The van der Waals surface area contributed by atoms with E-state index in [1.807, 2.05) is 23.1 Å². The number of piperazine rings is 1. The van der Waals surface area contributed by atoms with Crippen LogP contribution in [0.2, 0.25) is 0 Å². The average molecular weight is 355 g/mol. The number of carbonyl (C=O) groups excluding carboxylic acids is 1. The standard InChI is InChI=1S/C18H21N5O3/c1-12-19-14(18(24)23-7-5-22(2)6-8-23)10-17(20-12)21-13-3-4-15-16(9-13)26-11-25-15/h3-4,9-10H,5-8,11H2,1-2H3,(H,19,20,21). The highest BCUT2D eigenvalue weighted by Crippen LogP contribution is 2.34. The first-order chi connectivity index (χ1) is 12.6. The van der Waals surface area contributed by atoms with Crippen LogP contribution in [0.15, 0.2) is 24.3 Å². The van der Waals surface area contributed by atoms with E-state index in [0.29, 0.717) is 36.2 Å². The fourth-order valence-electron chi connectivity index (χ4n) is 3.03. The van der Waals surface area contributed by atoms with Gasteiger partial charge in [-0.2, -0.15) is 0 Å². The molecule has 1 aromatic carbocycles. The van der Waals surface area contributed by atoms with Crippen molar-refractivity contribution in [1.29, 1.82) is 0 Å². The molecular weight excluding hydrogens is 334 g/mol. The topological polar surface area (TPSA) is 79.8 Å². The van der Waals surface area contributed by atoms with Crippen LogP contribution in [0.1, 0.15) is 16.3 Å². The first-order valence-electron chi connectivity index (χ1n) is 8.59. The summed E-state index contributed by atoms with van der Waals surface area (Å²) in [6, 6.07) is 7.27. The number of ether oxygens (including phenoxy) is 2. The maximum atomic E-state index is 12.8. The fraction of sp³-hybridized carbons (Fsp3) is 0.389. The van der Waals surface area contributed by atoms with Crippen molar-refractivity contribution in [3.8, 4) is 11.5 Å². The highest BCUT2D eigenvalue weighted by molar-refractivity contribution is 5.93. The number of hydrogen-bond acceptors (Lipinski definition) is 7. The molecule has 1 saturated heterocycles. The second-order valence-electron chi connectivity index (χ2n) is 6.47. The Morgan fingerprint density at radius 1 is 1.08 bits per heavy atom. The van der Waals surface area contributed by atoms with Crippen LogP contribution in [0.25, 0.3) is 0 Å². The Bertz CT molecular complexity index is 834. The number of hydrogen-bond donors (Lipinski definition) is 1. The number of rotatable bonds is 3. The van der Waals surface area contributed by atoms with Gasteiger partial charge in [-0.05, 0) is 26.1 Å². The number of aromatic nitrogens is 2. The van der Waals surface area contributed by atoms with Crippen LogP contribution in [0.5, 0.6) is 11.5 Å². The third-order valence-corrected chi connectivity index (χ3v) is 4.49. The van der Waals surface area contributed by atoms with Gasteiger partial charge in [0, 0.05) is 44.0 Å². The highest BCUT2D eigenvalue weighted by atomic mass is 16.7. The summed E-state index contributed by atoms with van der Waals surface area (Å²) in [5, 5.41) is 3.21. The number of carbonyl (C=O) groups is 1. The first-order valence-corrected chi connectivity index (χ1v) is 8.59. The maximum Gasteiger partial charge on any atom is 0.272 e. The molecule has 2 aromatic rings. The molecule has 0 saturated carbocycles. The molecule has 136 valence electrons. The predicted octanol–water partition coefficient (Wildman–Crippen LogP) is 1.64. The number of aryl methyl sites for hydroxylation is 1. The summed E-state index contributed by atoms with van der Waals surface area (Å²) in [6.07, 6.45) is 0. The number of likely N-dealkylation sites (N-methyl/N-ethyl adjacent to an activating group) is 1. The van der Waals surface area contributed by atoms with Gasteiger partial charge in [0.25, 0.3) is 5.91 Å². The molecule has 0 bridgehead atoms. The lowest BCUT2D eigenvalue weighted by Crippen LogP contribution is -2.47. The second-order valence-corrected chi connectivity index (χ2v) is 6.47. The Hall–Kier alpha value is -2.87. The SMILES string of the molecule is Cc1nc(Nc2ccc3c(c2)OCO3)cc(C(=O)N2CCN(C)CC2)n1. The normalized spacial score (nSPS) is 16.6. The third kappa shape index (κ3) is 3.41. The molecule has 0 aliphatic carbocycles. The molecule has 2 aliphatic rings. The third-order valence-electron chi connectivity index (χ3n) is 4.49. The minimum atomic E-state index is -0.0580. The van der Waals surface area contributed by atoms with Crippen molar-refractivity contribution in [2.45, 2.75) is 6.92 Å². The van der Waals surface area contributed by atoms with E-state index >= 15 is 0 Å². The molecule has 3 heterocycles. The van der Waals surface area contributed by atoms with Crippen molar-refractivity contribution in [3.63, 3.8) is 0 Å². The molecule has 26 heavy (non-hydrogen) atoms. The molecule has 1 N–H and O–H groups in total. The van der Waals surface area contributed by atoms with Gasteiger partial charge in [-0.15, -0.1) is 0 Å².